The fourth-order valence-electron chi connectivity index (χ4n) is 2.89. The van der Waals surface area contributed by atoms with E-state index < -0.39 is 0 Å². The quantitative estimate of drug-likeness (QED) is 0.537. The van der Waals surface area contributed by atoms with Crippen molar-refractivity contribution in [2.45, 2.75) is 20.3 Å². The molecule has 3 aromatic rings. The number of hydrogen-bond acceptors (Lipinski definition) is 4. The first-order chi connectivity index (χ1) is 12.9. The summed E-state index contributed by atoms with van der Waals surface area (Å²) in [7, 11) is 0. The maximum atomic E-state index is 12.7. The van der Waals surface area contributed by atoms with Crippen molar-refractivity contribution < 1.29 is 4.79 Å². The van der Waals surface area contributed by atoms with E-state index >= 15 is 0 Å². The van der Waals surface area contributed by atoms with Crippen LogP contribution in [0.4, 0.5) is 5.95 Å². The van der Waals surface area contributed by atoms with E-state index in [0.717, 1.165) is 17.5 Å². The number of carbonyl (C=O) groups excluding carboxylic acids is 1. The predicted molar refractivity (Wildman–Crippen MR) is 112 cm³/mol. The number of nitrogen functional groups attached to an aromatic ring is 1. The normalized spacial score (nSPS) is 10.8. The Kier molecular flexibility index (Phi) is 5.82. The smallest absolute Gasteiger partial charge is 0.253 e. The van der Waals surface area contributed by atoms with Crippen LogP contribution in [0.3, 0.4) is 0 Å². The molecule has 0 radical (unpaired) electrons. The molecular weight excluding hydrogens is 430 g/mol. The third kappa shape index (κ3) is 3.99. The van der Waals surface area contributed by atoms with Gasteiger partial charge in [-0.2, -0.15) is 0 Å². The van der Waals surface area contributed by atoms with Crippen LogP contribution >= 0.6 is 27.5 Å². The first-order valence-corrected chi connectivity index (χ1v) is 9.70. The standard InChI is InChI=1S/C19H19BrClN5O/c1-3-10-5-6-11(21)7-12(10)16-13(18(27)23-4-2)8-15(25-16)17-14(20)9-24-19(22)26-17/h5-9,25H,3-4H2,1-2H3,(H,23,27)(H2,22,24,26). The summed E-state index contributed by atoms with van der Waals surface area (Å²) in [6.07, 6.45) is 2.39. The van der Waals surface area contributed by atoms with Gasteiger partial charge in [-0.1, -0.05) is 24.6 Å². The van der Waals surface area contributed by atoms with Gasteiger partial charge in [0.15, 0.2) is 0 Å². The summed E-state index contributed by atoms with van der Waals surface area (Å²) >= 11 is 9.67. The average Bonchev–Trinajstić information content (AvgIpc) is 3.09. The van der Waals surface area contributed by atoms with Crippen LogP contribution in [0.1, 0.15) is 29.8 Å². The molecule has 0 bridgehead atoms. The summed E-state index contributed by atoms with van der Waals surface area (Å²) in [6, 6.07) is 7.45. The van der Waals surface area contributed by atoms with Crippen molar-refractivity contribution in [3.8, 4) is 22.6 Å². The van der Waals surface area contributed by atoms with Gasteiger partial charge < -0.3 is 16.0 Å². The first kappa shape index (κ1) is 19.4. The molecular formula is C19H19BrClN5O. The number of nitrogens with two attached hydrogens (primary N) is 1. The Labute approximate surface area is 170 Å². The topological polar surface area (TPSA) is 96.7 Å². The third-order valence-corrected chi connectivity index (χ3v) is 4.96. The highest BCUT2D eigenvalue weighted by Crippen LogP contribution is 2.34. The number of aromatic amines is 1. The van der Waals surface area contributed by atoms with Gasteiger partial charge in [-0.3, -0.25) is 4.79 Å². The molecule has 140 valence electrons. The fraction of sp³-hybridized carbons (Fsp3) is 0.211. The minimum absolute atomic E-state index is 0.154. The van der Waals surface area contributed by atoms with Gasteiger partial charge in [0.2, 0.25) is 5.95 Å². The predicted octanol–water partition coefficient (Wildman–Crippen LogP) is 4.45. The zero-order chi connectivity index (χ0) is 19.6. The molecule has 8 heteroatoms. The van der Waals surface area contributed by atoms with Gasteiger partial charge in [-0.15, -0.1) is 0 Å². The number of benzene rings is 1. The molecule has 6 nitrogen and oxygen atoms in total. The number of rotatable bonds is 5. The minimum Gasteiger partial charge on any atom is -0.368 e. The van der Waals surface area contributed by atoms with Gasteiger partial charge in [0, 0.05) is 23.3 Å². The number of anilines is 1. The lowest BCUT2D eigenvalue weighted by Gasteiger charge is -2.10. The number of amides is 1. The molecule has 0 atom stereocenters. The van der Waals surface area contributed by atoms with E-state index in [0.29, 0.717) is 38.7 Å². The van der Waals surface area contributed by atoms with Crippen LogP contribution in [0.15, 0.2) is 34.9 Å². The SMILES string of the molecule is CCNC(=O)c1cc(-c2nc(N)ncc2Br)[nH]c1-c1cc(Cl)ccc1CC. The van der Waals surface area contributed by atoms with Crippen LogP contribution < -0.4 is 11.1 Å². The van der Waals surface area contributed by atoms with E-state index in [9.17, 15) is 4.79 Å². The Bertz CT molecular complexity index is 1000. The molecule has 0 aliphatic heterocycles. The Hall–Kier alpha value is -2.38. The van der Waals surface area contributed by atoms with Gasteiger partial charge in [0.05, 0.1) is 21.4 Å². The fourth-order valence-corrected chi connectivity index (χ4v) is 3.47. The Morgan fingerprint density at radius 2 is 2.11 bits per heavy atom. The number of halogens is 2. The molecule has 2 aromatic heterocycles. The maximum Gasteiger partial charge on any atom is 0.253 e. The van der Waals surface area contributed by atoms with E-state index in [1.807, 2.05) is 25.1 Å². The number of nitrogens with one attached hydrogen (secondary N) is 2. The van der Waals surface area contributed by atoms with Crippen LogP contribution in [0, 0.1) is 0 Å². The number of aromatic nitrogens is 3. The van der Waals surface area contributed by atoms with Gasteiger partial charge in [0.25, 0.3) is 5.91 Å². The molecule has 1 aromatic carbocycles. The molecule has 2 heterocycles. The maximum absolute atomic E-state index is 12.7. The van der Waals surface area contributed by atoms with E-state index in [1.54, 1.807) is 12.3 Å². The van der Waals surface area contributed by atoms with Crippen molar-refractivity contribution in [3.05, 3.63) is 51.1 Å². The first-order valence-electron chi connectivity index (χ1n) is 8.53. The van der Waals surface area contributed by atoms with Gasteiger partial charge in [-0.05, 0) is 53.0 Å². The molecule has 27 heavy (non-hydrogen) atoms. The van der Waals surface area contributed by atoms with Crippen molar-refractivity contribution in [1.82, 2.24) is 20.3 Å². The molecule has 0 spiro atoms. The molecule has 1 amide bonds. The van der Waals surface area contributed by atoms with E-state index in [4.69, 9.17) is 17.3 Å². The van der Waals surface area contributed by atoms with Crippen LogP contribution in [-0.2, 0) is 6.42 Å². The van der Waals surface area contributed by atoms with Gasteiger partial charge in [0.1, 0.15) is 5.69 Å². The van der Waals surface area contributed by atoms with Gasteiger partial charge in [-0.25, -0.2) is 9.97 Å². The van der Waals surface area contributed by atoms with Crippen molar-refractivity contribution in [2.24, 2.45) is 0 Å². The molecule has 0 unspecified atom stereocenters. The number of hydrogen-bond donors (Lipinski definition) is 3. The number of aryl methyl sites for hydroxylation is 1. The Morgan fingerprint density at radius 1 is 1.33 bits per heavy atom. The molecule has 4 N–H and O–H groups in total. The van der Waals surface area contributed by atoms with E-state index in [2.05, 4.69) is 43.1 Å². The monoisotopic (exact) mass is 447 g/mol. The molecule has 0 saturated heterocycles. The second-order valence-electron chi connectivity index (χ2n) is 5.91. The Balaban J connectivity index is 2.24. The van der Waals surface area contributed by atoms with Crippen LogP contribution in [0.5, 0.6) is 0 Å². The highest BCUT2D eigenvalue weighted by atomic mass is 79.9. The highest BCUT2D eigenvalue weighted by Gasteiger charge is 2.21. The van der Waals surface area contributed by atoms with Crippen molar-refractivity contribution in [3.63, 3.8) is 0 Å². The highest BCUT2D eigenvalue weighted by molar-refractivity contribution is 9.10. The van der Waals surface area contributed by atoms with Crippen molar-refractivity contribution >= 4 is 39.4 Å². The average molecular weight is 449 g/mol. The molecule has 0 aliphatic rings. The Morgan fingerprint density at radius 3 is 2.81 bits per heavy atom. The van der Waals surface area contributed by atoms with Crippen LogP contribution in [-0.4, -0.2) is 27.4 Å². The van der Waals surface area contributed by atoms with E-state index in [1.165, 1.54) is 0 Å². The number of carbonyl (C=O) groups is 1. The number of nitrogens with zero attached hydrogens (tertiary/aromatic N) is 2. The zero-order valence-electron chi connectivity index (χ0n) is 14.9. The second kappa shape index (κ2) is 8.10. The van der Waals surface area contributed by atoms with Gasteiger partial charge >= 0.3 is 0 Å². The van der Waals surface area contributed by atoms with Crippen LogP contribution in [0.2, 0.25) is 5.02 Å². The third-order valence-electron chi connectivity index (χ3n) is 4.14. The summed E-state index contributed by atoms with van der Waals surface area (Å²) in [4.78, 5) is 24.3. The summed E-state index contributed by atoms with van der Waals surface area (Å²) < 4.78 is 0.675. The largest absolute Gasteiger partial charge is 0.368 e. The zero-order valence-corrected chi connectivity index (χ0v) is 17.3. The number of H-pyrrole nitrogens is 1. The second-order valence-corrected chi connectivity index (χ2v) is 7.20. The molecule has 0 aliphatic carbocycles. The minimum atomic E-state index is -0.171. The summed E-state index contributed by atoms with van der Waals surface area (Å²) in [5.74, 6) is -0.0175. The summed E-state index contributed by atoms with van der Waals surface area (Å²) in [5.41, 5.74) is 10.2. The van der Waals surface area contributed by atoms with Crippen LogP contribution in [0.25, 0.3) is 22.6 Å². The molecule has 3 rings (SSSR count). The van der Waals surface area contributed by atoms with E-state index in [-0.39, 0.29) is 11.9 Å². The molecule has 0 saturated carbocycles. The summed E-state index contributed by atoms with van der Waals surface area (Å²) in [5, 5.41) is 3.46. The van der Waals surface area contributed by atoms with Crippen molar-refractivity contribution in [2.75, 3.05) is 12.3 Å². The lowest BCUT2D eigenvalue weighted by molar-refractivity contribution is 0.0956. The summed E-state index contributed by atoms with van der Waals surface area (Å²) in [6.45, 7) is 4.47. The lowest BCUT2D eigenvalue weighted by atomic mass is 10.00. The lowest BCUT2D eigenvalue weighted by Crippen LogP contribution is -2.22. The van der Waals surface area contributed by atoms with Crippen molar-refractivity contribution in [1.29, 1.82) is 0 Å². The molecule has 0 fully saturated rings.